The Bertz CT molecular complexity index is 732. The molecule has 0 aliphatic heterocycles. The minimum Gasteiger partial charge on any atom is -0.344 e. The van der Waals surface area contributed by atoms with Gasteiger partial charge in [0.05, 0.1) is 0 Å². The SMILES string of the molecule is Cc1ccc(NC(=O)C(=O)NCc2cccc(CN)c2)cc1Cl. The summed E-state index contributed by atoms with van der Waals surface area (Å²) >= 11 is 5.98. The van der Waals surface area contributed by atoms with E-state index < -0.39 is 11.8 Å². The van der Waals surface area contributed by atoms with Gasteiger partial charge in [-0.15, -0.1) is 0 Å². The number of nitrogens with two attached hydrogens (primary N) is 1. The number of halogens is 1. The lowest BCUT2D eigenvalue weighted by Gasteiger charge is -2.08. The van der Waals surface area contributed by atoms with Crippen LogP contribution in [0.5, 0.6) is 0 Å². The van der Waals surface area contributed by atoms with Crippen LogP contribution in [0.15, 0.2) is 42.5 Å². The van der Waals surface area contributed by atoms with Gasteiger partial charge in [0.15, 0.2) is 0 Å². The normalized spacial score (nSPS) is 10.2. The summed E-state index contributed by atoms with van der Waals surface area (Å²) in [4.78, 5) is 23.7. The summed E-state index contributed by atoms with van der Waals surface area (Å²) in [5.41, 5.74) is 8.79. The summed E-state index contributed by atoms with van der Waals surface area (Å²) in [7, 11) is 0. The Morgan fingerprint density at radius 2 is 1.83 bits per heavy atom. The van der Waals surface area contributed by atoms with E-state index in [0.29, 0.717) is 17.3 Å². The second-order valence-electron chi connectivity index (χ2n) is 5.12. The molecule has 0 aliphatic carbocycles. The van der Waals surface area contributed by atoms with Gasteiger partial charge in [-0.25, -0.2) is 0 Å². The Labute approximate surface area is 139 Å². The number of hydrogen-bond acceptors (Lipinski definition) is 3. The molecule has 6 heteroatoms. The van der Waals surface area contributed by atoms with Crippen LogP contribution in [0.3, 0.4) is 0 Å². The zero-order chi connectivity index (χ0) is 16.8. The number of carbonyl (C=O) groups excluding carboxylic acids is 2. The number of carbonyl (C=O) groups is 2. The van der Waals surface area contributed by atoms with Crippen LogP contribution in [-0.4, -0.2) is 11.8 Å². The van der Waals surface area contributed by atoms with E-state index >= 15 is 0 Å². The third-order valence-electron chi connectivity index (χ3n) is 3.32. The smallest absolute Gasteiger partial charge is 0.313 e. The van der Waals surface area contributed by atoms with Crippen LogP contribution in [-0.2, 0) is 22.7 Å². The Hall–Kier alpha value is -2.37. The minimum atomic E-state index is -0.736. The molecule has 2 aromatic rings. The molecule has 0 saturated heterocycles. The van der Waals surface area contributed by atoms with Crippen molar-refractivity contribution in [2.45, 2.75) is 20.0 Å². The van der Waals surface area contributed by atoms with Crippen LogP contribution in [0.2, 0.25) is 5.02 Å². The average Bonchev–Trinajstić information content (AvgIpc) is 2.56. The molecule has 2 aromatic carbocycles. The molecule has 4 N–H and O–H groups in total. The van der Waals surface area contributed by atoms with Gasteiger partial charge in [-0.1, -0.05) is 41.9 Å². The topological polar surface area (TPSA) is 84.2 Å². The lowest BCUT2D eigenvalue weighted by atomic mass is 10.1. The number of amides is 2. The van der Waals surface area contributed by atoms with E-state index in [4.69, 9.17) is 17.3 Å². The third-order valence-corrected chi connectivity index (χ3v) is 3.72. The molecule has 0 bridgehead atoms. The maximum atomic E-state index is 11.9. The Kier molecular flexibility index (Phi) is 5.73. The van der Waals surface area contributed by atoms with Crippen molar-refractivity contribution in [3.63, 3.8) is 0 Å². The highest BCUT2D eigenvalue weighted by atomic mass is 35.5. The number of aryl methyl sites for hydroxylation is 1. The second-order valence-corrected chi connectivity index (χ2v) is 5.53. The predicted molar refractivity (Wildman–Crippen MR) is 91.0 cm³/mol. The number of hydrogen-bond donors (Lipinski definition) is 3. The molecule has 0 unspecified atom stereocenters. The van der Waals surface area contributed by atoms with Gasteiger partial charge < -0.3 is 16.4 Å². The van der Waals surface area contributed by atoms with Crippen LogP contribution in [0.1, 0.15) is 16.7 Å². The van der Waals surface area contributed by atoms with E-state index in [-0.39, 0.29) is 6.54 Å². The maximum Gasteiger partial charge on any atom is 0.313 e. The number of benzene rings is 2. The van der Waals surface area contributed by atoms with Crippen LogP contribution in [0, 0.1) is 6.92 Å². The first-order chi connectivity index (χ1) is 11.0. The van der Waals surface area contributed by atoms with Crippen molar-refractivity contribution >= 4 is 29.1 Å². The fourth-order valence-electron chi connectivity index (χ4n) is 1.99. The maximum absolute atomic E-state index is 11.9. The van der Waals surface area contributed by atoms with Gasteiger partial charge in [0.1, 0.15) is 0 Å². The average molecular weight is 332 g/mol. The molecule has 0 fully saturated rings. The third kappa shape index (κ3) is 4.81. The molecule has 0 aromatic heterocycles. The molecule has 0 aliphatic rings. The van der Waals surface area contributed by atoms with Crippen molar-refractivity contribution in [3.8, 4) is 0 Å². The molecule has 5 nitrogen and oxygen atoms in total. The molecule has 0 radical (unpaired) electrons. The van der Waals surface area contributed by atoms with Crippen molar-refractivity contribution in [2.24, 2.45) is 5.73 Å². The number of nitrogens with one attached hydrogen (secondary N) is 2. The van der Waals surface area contributed by atoms with Crippen molar-refractivity contribution < 1.29 is 9.59 Å². The lowest BCUT2D eigenvalue weighted by molar-refractivity contribution is -0.136. The van der Waals surface area contributed by atoms with E-state index in [1.807, 2.05) is 31.2 Å². The highest BCUT2D eigenvalue weighted by Crippen LogP contribution is 2.19. The van der Waals surface area contributed by atoms with Gasteiger partial charge in [-0.3, -0.25) is 9.59 Å². The zero-order valence-corrected chi connectivity index (χ0v) is 13.5. The van der Waals surface area contributed by atoms with Crippen molar-refractivity contribution in [3.05, 3.63) is 64.2 Å². The monoisotopic (exact) mass is 331 g/mol. The standard InChI is InChI=1S/C17H18ClN3O2/c1-11-5-6-14(8-15(11)18)21-17(23)16(22)20-10-13-4-2-3-12(7-13)9-19/h2-8H,9-10,19H2,1H3,(H,20,22)(H,21,23). The highest BCUT2D eigenvalue weighted by molar-refractivity contribution is 6.39. The fraction of sp³-hybridized carbons (Fsp3) is 0.176. The molecule has 2 amide bonds. The van der Waals surface area contributed by atoms with Crippen LogP contribution >= 0.6 is 11.6 Å². The van der Waals surface area contributed by atoms with Gasteiger partial charge in [-0.05, 0) is 35.7 Å². The molecular formula is C17H18ClN3O2. The van der Waals surface area contributed by atoms with Gasteiger partial charge in [0.25, 0.3) is 0 Å². The molecule has 120 valence electrons. The Morgan fingerprint density at radius 1 is 1.09 bits per heavy atom. The van der Waals surface area contributed by atoms with Crippen LogP contribution in [0.4, 0.5) is 5.69 Å². The lowest BCUT2D eigenvalue weighted by Crippen LogP contribution is -2.35. The summed E-state index contributed by atoms with van der Waals surface area (Å²) in [5.74, 6) is -1.44. The van der Waals surface area contributed by atoms with E-state index in [0.717, 1.165) is 16.7 Å². The van der Waals surface area contributed by atoms with E-state index in [1.54, 1.807) is 18.2 Å². The molecule has 0 saturated carbocycles. The van der Waals surface area contributed by atoms with Crippen molar-refractivity contribution in [1.29, 1.82) is 0 Å². The van der Waals surface area contributed by atoms with E-state index in [9.17, 15) is 9.59 Å². The Morgan fingerprint density at radius 3 is 2.52 bits per heavy atom. The Balaban J connectivity index is 1.91. The summed E-state index contributed by atoms with van der Waals surface area (Å²) in [5, 5.41) is 5.61. The van der Waals surface area contributed by atoms with Gasteiger partial charge in [0.2, 0.25) is 0 Å². The van der Waals surface area contributed by atoms with Crippen molar-refractivity contribution in [1.82, 2.24) is 5.32 Å². The van der Waals surface area contributed by atoms with Gasteiger partial charge >= 0.3 is 11.8 Å². The fourth-order valence-corrected chi connectivity index (χ4v) is 2.17. The molecule has 0 heterocycles. The first-order valence-electron chi connectivity index (χ1n) is 7.13. The number of rotatable bonds is 4. The van der Waals surface area contributed by atoms with Crippen LogP contribution < -0.4 is 16.4 Å². The zero-order valence-electron chi connectivity index (χ0n) is 12.7. The summed E-state index contributed by atoms with van der Waals surface area (Å²) in [6, 6.07) is 12.6. The molecular weight excluding hydrogens is 314 g/mol. The first-order valence-corrected chi connectivity index (χ1v) is 7.50. The molecule has 0 atom stereocenters. The largest absolute Gasteiger partial charge is 0.344 e. The summed E-state index contributed by atoms with van der Waals surface area (Å²) in [6.45, 7) is 2.54. The second kappa shape index (κ2) is 7.76. The van der Waals surface area contributed by atoms with Gasteiger partial charge in [-0.2, -0.15) is 0 Å². The summed E-state index contributed by atoms with van der Waals surface area (Å²) in [6.07, 6.45) is 0. The molecule has 2 rings (SSSR count). The van der Waals surface area contributed by atoms with Crippen LogP contribution in [0.25, 0.3) is 0 Å². The van der Waals surface area contributed by atoms with Gasteiger partial charge in [0, 0.05) is 23.8 Å². The predicted octanol–water partition coefficient (Wildman–Crippen LogP) is 2.36. The van der Waals surface area contributed by atoms with E-state index in [1.165, 1.54) is 0 Å². The molecule has 23 heavy (non-hydrogen) atoms. The number of anilines is 1. The van der Waals surface area contributed by atoms with E-state index in [2.05, 4.69) is 10.6 Å². The highest BCUT2D eigenvalue weighted by Gasteiger charge is 2.13. The quantitative estimate of drug-likeness (QED) is 0.752. The molecule has 0 spiro atoms. The van der Waals surface area contributed by atoms with Crippen molar-refractivity contribution in [2.75, 3.05) is 5.32 Å². The minimum absolute atomic E-state index is 0.259. The first kappa shape index (κ1) is 17.0. The summed E-state index contributed by atoms with van der Waals surface area (Å²) < 4.78 is 0.